The first-order valence-electron chi connectivity index (χ1n) is 9.64. The lowest BCUT2D eigenvalue weighted by molar-refractivity contribution is -0.139. The van der Waals surface area contributed by atoms with Crippen molar-refractivity contribution in [3.8, 4) is 5.75 Å². The van der Waals surface area contributed by atoms with Crippen LogP contribution in [-0.4, -0.2) is 18.0 Å². The van der Waals surface area contributed by atoms with Gasteiger partial charge in [-0.3, -0.25) is 9.59 Å². The van der Waals surface area contributed by atoms with Crippen molar-refractivity contribution in [1.82, 2.24) is 10.7 Å². The standard InChI is InChI=1S/C24H22FN3O3/c1-17-6-8-18(9-7-17)14-26-23(29)24(30)28-27-15-19-10-12-21(13-11-19)31-16-20-4-2-3-5-22(20)25/h2-13,15H,14,16H2,1H3,(H,26,29)(H,28,30)/b27-15-. The summed E-state index contributed by atoms with van der Waals surface area (Å²) in [7, 11) is 0. The van der Waals surface area contributed by atoms with Crippen molar-refractivity contribution in [2.45, 2.75) is 20.1 Å². The minimum absolute atomic E-state index is 0.119. The molecule has 0 fully saturated rings. The van der Waals surface area contributed by atoms with Gasteiger partial charge in [-0.05, 0) is 48.4 Å². The highest BCUT2D eigenvalue weighted by Gasteiger charge is 2.11. The number of carbonyl (C=O) groups is 2. The van der Waals surface area contributed by atoms with Gasteiger partial charge in [-0.1, -0.05) is 48.0 Å². The Labute approximate surface area is 179 Å². The number of nitrogens with zero attached hydrogens (tertiary/aromatic N) is 1. The topological polar surface area (TPSA) is 79.8 Å². The van der Waals surface area contributed by atoms with Gasteiger partial charge >= 0.3 is 11.8 Å². The number of carbonyl (C=O) groups excluding carboxylic acids is 2. The molecule has 0 bridgehead atoms. The Morgan fingerprint density at radius 3 is 2.39 bits per heavy atom. The Hall–Kier alpha value is -4.00. The average molecular weight is 419 g/mol. The zero-order valence-electron chi connectivity index (χ0n) is 17.0. The van der Waals surface area contributed by atoms with Crippen molar-refractivity contribution < 1.29 is 18.7 Å². The Morgan fingerprint density at radius 1 is 0.968 bits per heavy atom. The van der Waals surface area contributed by atoms with Crippen LogP contribution in [-0.2, 0) is 22.7 Å². The number of hydrogen-bond donors (Lipinski definition) is 2. The van der Waals surface area contributed by atoms with Crippen LogP contribution in [0.25, 0.3) is 0 Å². The number of amides is 2. The molecule has 0 aromatic heterocycles. The maximum absolute atomic E-state index is 13.6. The quantitative estimate of drug-likeness (QED) is 0.350. The first-order valence-corrected chi connectivity index (χ1v) is 9.64. The summed E-state index contributed by atoms with van der Waals surface area (Å²) in [5, 5.41) is 6.33. The maximum Gasteiger partial charge on any atom is 0.329 e. The summed E-state index contributed by atoms with van der Waals surface area (Å²) in [6.07, 6.45) is 1.41. The smallest absolute Gasteiger partial charge is 0.329 e. The molecule has 0 aliphatic rings. The van der Waals surface area contributed by atoms with Crippen LogP contribution in [0.5, 0.6) is 5.75 Å². The van der Waals surface area contributed by atoms with E-state index in [9.17, 15) is 14.0 Å². The number of aryl methyl sites for hydroxylation is 1. The predicted octanol–water partition coefficient (Wildman–Crippen LogP) is 3.48. The molecule has 0 aliphatic heterocycles. The van der Waals surface area contributed by atoms with E-state index in [1.165, 1.54) is 12.3 Å². The van der Waals surface area contributed by atoms with Crippen molar-refractivity contribution in [2.24, 2.45) is 5.10 Å². The van der Waals surface area contributed by atoms with Crippen molar-refractivity contribution in [3.63, 3.8) is 0 Å². The summed E-state index contributed by atoms with van der Waals surface area (Å²) in [4.78, 5) is 23.7. The van der Waals surface area contributed by atoms with Gasteiger partial charge in [0.2, 0.25) is 0 Å². The molecular weight excluding hydrogens is 397 g/mol. The second-order valence-electron chi connectivity index (χ2n) is 6.82. The van der Waals surface area contributed by atoms with Crippen LogP contribution in [0.3, 0.4) is 0 Å². The van der Waals surface area contributed by atoms with Crippen LogP contribution in [0, 0.1) is 12.7 Å². The van der Waals surface area contributed by atoms with Gasteiger partial charge in [-0.2, -0.15) is 5.10 Å². The fourth-order valence-corrected chi connectivity index (χ4v) is 2.61. The zero-order chi connectivity index (χ0) is 22.1. The van der Waals surface area contributed by atoms with Crippen LogP contribution >= 0.6 is 0 Å². The van der Waals surface area contributed by atoms with Crippen molar-refractivity contribution in [2.75, 3.05) is 0 Å². The molecular formula is C24H22FN3O3. The Kier molecular flexibility index (Phi) is 7.48. The highest BCUT2D eigenvalue weighted by atomic mass is 19.1. The lowest BCUT2D eigenvalue weighted by Gasteiger charge is -2.07. The zero-order valence-corrected chi connectivity index (χ0v) is 17.0. The third-order valence-corrected chi connectivity index (χ3v) is 4.39. The number of benzene rings is 3. The number of nitrogens with one attached hydrogen (secondary N) is 2. The molecule has 0 aliphatic carbocycles. The normalized spacial score (nSPS) is 10.6. The lowest BCUT2D eigenvalue weighted by Crippen LogP contribution is -2.37. The molecule has 7 heteroatoms. The highest BCUT2D eigenvalue weighted by Crippen LogP contribution is 2.15. The molecule has 0 heterocycles. The van der Waals surface area contributed by atoms with E-state index < -0.39 is 11.8 Å². The van der Waals surface area contributed by atoms with Gasteiger partial charge in [0.1, 0.15) is 18.2 Å². The SMILES string of the molecule is Cc1ccc(CNC(=O)C(=O)N/N=C\c2ccc(OCc3ccccc3F)cc2)cc1. The Balaban J connectivity index is 1.43. The second kappa shape index (κ2) is 10.7. The van der Waals surface area contributed by atoms with Gasteiger partial charge in [0, 0.05) is 12.1 Å². The summed E-state index contributed by atoms with van der Waals surface area (Å²) in [5.41, 5.74) is 5.36. The third kappa shape index (κ3) is 6.78. The summed E-state index contributed by atoms with van der Waals surface area (Å²) in [6, 6.07) is 20.9. The van der Waals surface area contributed by atoms with E-state index in [1.807, 2.05) is 31.2 Å². The summed E-state index contributed by atoms with van der Waals surface area (Å²) >= 11 is 0. The number of halogens is 1. The van der Waals surface area contributed by atoms with E-state index in [1.54, 1.807) is 42.5 Å². The molecule has 3 rings (SSSR count). The first kappa shape index (κ1) is 21.7. The van der Waals surface area contributed by atoms with Crippen molar-refractivity contribution >= 4 is 18.0 Å². The van der Waals surface area contributed by atoms with Crippen LogP contribution in [0.2, 0.25) is 0 Å². The molecule has 6 nitrogen and oxygen atoms in total. The lowest BCUT2D eigenvalue weighted by atomic mass is 10.1. The van der Waals surface area contributed by atoms with Gasteiger partial charge in [-0.15, -0.1) is 0 Å². The molecule has 3 aromatic rings. The van der Waals surface area contributed by atoms with Gasteiger partial charge in [-0.25, -0.2) is 9.82 Å². The molecule has 3 aromatic carbocycles. The molecule has 0 radical (unpaired) electrons. The largest absolute Gasteiger partial charge is 0.489 e. The van der Waals surface area contributed by atoms with E-state index in [0.29, 0.717) is 16.9 Å². The summed E-state index contributed by atoms with van der Waals surface area (Å²) < 4.78 is 19.2. The molecule has 0 saturated carbocycles. The monoisotopic (exact) mass is 419 g/mol. The Morgan fingerprint density at radius 2 is 1.68 bits per heavy atom. The fourth-order valence-electron chi connectivity index (χ4n) is 2.61. The molecule has 158 valence electrons. The molecule has 0 spiro atoms. The minimum Gasteiger partial charge on any atom is -0.489 e. The fraction of sp³-hybridized carbons (Fsp3) is 0.125. The average Bonchev–Trinajstić information content (AvgIpc) is 2.78. The summed E-state index contributed by atoms with van der Waals surface area (Å²) in [5.74, 6) is -1.37. The van der Waals surface area contributed by atoms with E-state index in [-0.39, 0.29) is 19.0 Å². The Bertz CT molecular complexity index is 1060. The van der Waals surface area contributed by atoms with Crippen molar-refractivity contribution in [1.29, 1.82) is 0 Å². The van der Waals surface area contributed by atoms with Gasteiger partial charge in [0.25, 0.3) is 0 Å². The second-order valence-corrected chi connectivity index (χ2v) is 6.82. The minimum atomic E-state index is -0.854. The maximum atomic E-state index is 13.6. The number of rotatable bonds is 7. The number of hydrazone groups is 1. The molecule has 0 saturated heterocycles. The number of ether oxygens (including phenoxy) is 1. The van der Waals surface area contributed by atoms with E-state index in [2.05, 4.69) is 15.8 Å². The predicted molar refractivity (Wildman–Crippen MR) is 116 cm³/mol. The van der Waals surface area contributed by atoms with Gasteiger partial charge in [0.05, 0.1) is 6.21 Å². The third-order valence-electron chi connectivity index (χ3n) is 4.39. The van der Waals surface area contributed by atoms with Crippen molar-refractivity contribution in [3.05, 3.63) is 101 Å². The van der Waals surface area contributed by atoms with Crippen LogP contribution < -0.4 is 15.5 Å². The highest BCUT2D eigenvalue weighted by molar-refractivity contribution is 6.35. The van der Waals surface area contributed by atoms with E-state index in [4.69, 9.17) is 4.74 Å². The van der Waals surface area contributed by atoms with Crippen LogP contribution in [0.15, 0.2) is 77.9 Å². The van der Waals surface area contributed by atoms with Crippen LogP contribution in [0.4, 0.5) is 4.39 Å². The first-order chi connectivity index (χ1) is 15.0. The summed E-state index contributed by atoms with van der Waals surface area (Å²) in [6.45, 7) is 2.35. The molecule has 2 N–H and O–H groups in total. The molecule has 0 unspecified atom stereocenters. The van der Waals surface area contributed by atoms with Gasteiger partial charge < -0.3 is 10.1 Å². The van der Waals surface area contributed by atoms with E-state index >= 15 is 0 Å². The molecule has 0 atom stereocenters. The van der Waals surface area contributed by atoms with Gasteiger partial charge in [0.15, 0.2) is 0 Å². The molecule has 31 heavy (non-hydrogen) atoms. The van der Waals surface area contributed by atoms with Crippen LogP contribution in [0.1, 0.15) is 22.3 Å². The van der Waals surface area contributed by atoms with E-state index in [0.717, 1.165) is 11.1 Å². The molecule has 2 amide bonds. The number of hydrogen-bond acceptors (Lipinski definition) is 4.